The molecule has 24 heavy (non-hydrogen) atoms. The lowest BCUT2D eigenvalue weighted by atomic mass is 10.2. The molecule has 4 nitrogen and oxygen atoms in total. The Bertz CT molecular complexity index is 456. The van der Waals surface area contributed by atoms with E-state index in [1.807, 2.05) is 0 Å². The van der Waals surface area contributed by atoms with Gasteiger partial charge in [0, 0.05) is 0 Å². The van der Waals surface area contributed by atoms with Crippen LogP contribution in [0.2, 0.25) is 0 Å². The van der Waals surface area contributed by atoms with Gasteiger partial charge in [-0.25, -0.2) is 9.59 Å². The van der Waals surface area contributed by atoms with Crippen LogP contribution < -0.4 is 0 Å². The molecule has 0 saturated carbocycles. The third kappa shape index (κ3) is 8.02. The van der Waals surface area contributed by atoms with Crippen LogP contribution in [0, 0.1) is 0 Å². The van der Waals surface area contributed by atoms with Crippen molar-refractivity contribution in [3.8, 4) is 0 Å². The topological polar surface area (TPSA) is 52.6 Å². The van der Waals surface area contributed by atoms with Gasteiger partial charge in [-0.15, -0.1) is 0 Å². The molecule has 0 heterocycles. The van der Waals surface area contributed by atoms with Gasteiger partial charge in [0.2, 0.25) is 0 Å². The van der Waals surface area contributed by atoms with Gasteiger partial charge in [-0.2, -0.15) is 26.3 Å². The minimum atomic E-state index is -4.76. The Kier molecular flexibility index (Phi) is 8.56. The summed E-state index contributed by atoms with van der Waals surface area (Å²) in [4.78, 5) is 22.4. The van der Waals surface area contributed by atoms with Gasteiger partial charge in [-0.3, -0.25) is 0 Å². The second kappa shape index (κ2) is 9.33. The molecule has 0 N–H and O–H groups in total. The van der Waals surface area contributed by atoms with Crippen molar-refractivity contribution in [2.75, 3.05) is 13.2 Å². The predicted octanol–water partition coefficient (Wildman–Crippen LogP) is 3.87. The van der Waals surface area contributed by atoms with Crippen LogP contribution >= 0.6 is 0 Å². The first-order valence-electron chi connectivity index (χ1n) is 6.79. The SMILES string of the molecule is CC/C=C(/COC(=O)C(=O)OC/C(=C/CC)C(F)(F)F)C(F)(F)F. The van der Waals surface area contributed by atoms with Crippen LogP contribution in [0.25, 0.3) is 0 Å². The van der Waals surface area contributed by atoms with E-state index in [0.717, 1.165) is 12.2 Å². The fourth-order valence-corrected chi connectivity index (χ4v) is 1.41. The van der Waals surface area contributed by atoms with E-state index in [0.29, 0.717) is 0 Å². The van der Waals surface area contributed by atoms with Crippen molar-refractivity contribution >= 4 is 11.9 Å². The minimum Gasteiger partial charge on any atom is -0.452 e. The molecule has 0 aliphatic heterocycles. The number of ether oxygens (including phenoxy) is 2. The molecule has 10 heteroatoms. The molecule has 138 valence electrons. The normalized spacial score (nSPS) is 13.7. The zero-order chi connectivity index (χ0) is 19.0. The predicted molar refractivity (Wildman–Crippen MR) is 70.8 cm³/mol. The highest BCUT2D eigenvalue weighted by Crippen LogP contribution is 2.27. The number of carbonyl (C=O) groups excluding carboxylic acids is 2. The standard InChI is InChI=1S/C14H16F6O4/c1-3-5-9(13(15,16)17)7-23-11(21)12(22)24-8-10(6-4-2)14(18,19)20/h5-6H,3-4,7-8H2,1-2H3/b9-5-,10-6-. The Morgan fingerprint density at radius 3 is 1.25 bits per heavy atom. The molecule has 0 spiro atoms. The number of allylic oxidation sites excluding steroid dienone is 2. The molecule has 0 fully saturated rings. The maximum Gasteiger partial charge on any atom is 0.417 e. The first-order valence-corrected chi connectivity index (χ1v) is 6.79. The van der Waals surface area contributed by atoms with Crippen LogP contribution in [0.4, 0.5) is 26.3 Å². The first-order chi connectivity index (χ1) is 10.9. The van der Waals surface area contributed by atoms with Gasteiger partial charge < -0.3 is 9.47 Å². The monoisotopic (exact) mass is 362 g/mol. The molecule has 0 radical (unpaired) electrons. The van der Waals surface area contributed by atoms with Crippen LogP contribution in [0.3, 0.4) is 0 Å². The fourth-order valence-electron chi connectivity index (χ4n) is 1.41. The van der Waals surface area contributed by atoms with Crippen molar-refractivity contribution in [3.05, 3.63) is 23.3 Å². The second-order valence-corrected chi connectivity index (χ2v) is 4.42. The van der Waals surface area contributed by atoms with Gasteiger partial charge in [0.25, 0.3) is 0 Å². The van der Waals surface area contributed by atoms with Gasteiger partial charge >= 0.3 is 24.3 Å². The summed E-state index contributed by atoms with van der Waals surface area (Å²) >= 11 is 0. The average Bonchev–Trinajstić information content (AvgIpc) is 2.44. The molecule has 0 aliphatic rings. The highest BCUT2D eigenvalue weighted by molar-refractivity contribution is 6.29. The lowest BCUT2D eigenvalue weighted by Crippen LogP contribution is -2.26. The van der Waals surface area contributed by atoms with E-state index >= 15 is 0 Å². The Balaban J connectivity index is 4.66. The molecule has 0 atom stereocenters. The quantitative estimate of drug-likeness (QED) is 0.312. The molecule has 0 aromatic rings. The van der Waals surface area contributed by atoms with Gasteiger partial charge in [0.05, 0.1) is 11.1 Å². The minimum absolute atomic E-state index is 0.00754. The highest BCUT2D eigenvalue weighted by atomic mass is 19.4. The maximum absolute atomic E-state index is 12.5. The third-order valence-corrected chi connectivity index (χ3v) is 2.51. The van der Waals surface area contributed by atoms with Crippen molar-refractivity contribution in [1.82, 2.24) is 0 Å². The number of esters is 2. The van der Waals surface area contributed by atoms with E-state index in [9.17, 15) is 35.9 Å². The van der Waals surface area contributed by atoms with Crippen molar-refractivity contribution in [2.45, 2.75) is 39.0 Å². The van der Waals surface area contributed by atoms with E-state index in [1.54, 1.807) is 0 Å². The largest absolute Gasteiger partial charge is 0.452 e. The van der Waals surface area contributed by atoms with Crippen LogP contribution in [0.1, 0.15) is 26.7 Å². The van der Waals surface area contributed by atoms with Gasteiger partial charge in [-0.1, -0.05) is 26.0 Å². The van der Waals surface area contributed by atoms with E-state index in [1.165, 1.54) is 13.8 Å². The van der Waals surface area contributed by atoms with Crippen LogP contribution in [0.5, 0.6) is 0 Å². The second-order valence-electron chi connectivity index (χ2n) is 4.42. The number of hydrogen-bond acceptors (Lipinski definition) is 4. The first kappa shape index (κ1) is 22.0. The lowest BCUT2D eigenvalue weighted by molar-refractivity contribution is -0.169. The molecule has 0 aromatic heterocycles. The van der Waals surface area contributed by atoms with E-state index in [4.69, 9.17) is 0 Å². The van der Waals surface area contributed by atoms with Gasteiger partial charge in [0.15, 0.2) is 0 Å². The number of rotatable bonds is 6. The fraction of sp³-hybridized carbons (Fsp3) is 0.571. The zero-order valence-electron chi connectivity index (χ0n) is 12.9. The summed E-state index contributed by atoms with van der Waals surface area (Å²) < 4.78 is 83.4. The number of hydrogen-bond donors (Lipinski definition) is 0. The molecule has 0 unspecified atom stereocenters. The molecule has 0 aliphatic carbocycles. The average molecular weight is 362 g/mol. The lowest BCUT2D eigenvalue weighted by Gasteiger charge is -2.13. The maximum atomic E-state index is 12.5. The van der Waals surface area contributed by atoms with Crippen molar-refractivity contribution in [1.29, 1.82) is 0 Å². The molecule has 0 amide bonds. The highest BCUT2D eigenvalue weighted by Gasteiger charge is 2.36. The van der Waals surface area contributed by atoms with E-state index in [2.05, 4.69) is 9.47 Å². The Morgan fingerprint density at radius 1 is 0.750 bits per heavy atom. The molecule has 0 bridgehead atoms. The Hall–Kier alpha value is -2.00. The smallest absolute Gasteiger partial charge is 0.417 e. The summed E-state index contributed by atoms with van der Waals surface area (Å²) in [6.07, 6.45) is -7.99. The summed E-state index contributed by atoms with van der Waals surface area (Å²) in [5, 5.41) is 0. The molecule has 0 saturated heterocycles. The van der Waals surface area contributed by atoms with Crippen LogP contribution in [0.15, 0.2) is 23.3 Å². The number of carbonyl (C=O) groups is 2. The zero-order valence-corrected chi connectivity index (χ0v) is 12.9. The van der Waals surface area contributed by atoms with Crippen LogP contribution in [-0.4, -0.2) is 37.5 Å². The summed E-state index contributed by atoms with van der Waals surface area (Å²) in [5.74, 6) is -3.61. The molecule has 0 rings (SSSR count). The van der Waals surface area contributed by atoms with Crippen molar-refractivity contribution in [2.24, 2.45) is 0 Å². The van der Waals surface area contributed by atoms with Crippen LogP contribution in [-0.2, 0) is 19.1 Å². The van der Waals surface area contributed by atoms with Gasteiger partial charge in [-0.05, 0) is 12.8 Å². The number of halogens is 6. The van der Waals surface area contributed by atoms with E-state index < -0.39 is 48.7 Å². The number of alkyl halides is 6. The summed E-state index contributed by atoms with van der Waals surface area (Å²) in [5.41, 5.74) is -2.37. The molecule has 0 aromatic carbocycles. The van der Waals surface area contributed by atoms with Gasteiger partial charge in [0.1, 0.15) is 13.2 Å². The van der Waals surface area contributed by atoms with E-state index in [-0.39, 0.29) is 12.8 Å². The summed E-state index contributed by atoms with van der Waals surface area (Å²) in [6, 6.07) is 0. The molecular weight excluding hydrogens is 346 g/mol. The summed E-state index contributed by atoms with van der Waals surface area (Å²) in [6.45, 7) is 0.367. The summed E-state index contributed by atoms with van der Waals surface area (Å²) in [7, 11) is 0. The third-order valence-electron chi connectivity index (χ3n) is 2.51. The molecular formula is C14H16F6O4. The Labute approximate surface area is 134 Å². The van der Waals surface area contributed by atoms with Crippen molar-refractivity contribution < 1.29 is 45.4 Å². The Morgan fingerprint density at radius 2 is 1.04 bits per heavy atom. The van der Waals surface area contributed by atoms with Crippen molar-refractivity contribution in [3.63, 3.8) is 0 Å².